The molecule has 0 heterocycles. The van der Waals surface area contributed by atoms with Crippen LogP contribution in [-0.4, -0.2) is 37.1 Å². The van der Waals surface area contributed by atoms with E-state index in [4.69, 9.17) is 9.05 Å². The first kappa shape index (κ1) is 27.0. The standard InChI is InChI=1S/C25H31BrF2NO4P/c1-4-29(24(30)21-17-20(21)19-10-8-7-9-11-19)15-14-18-12-13-22(23(26)16-18)25(27,28)34(31,32-5-2)33-6-3/h7-13,16,20-21H,4-6,14-15,17H2,1-3H3. The molecule has 9 heteroatoms. The number of carbonyl (C=O) groups is 1. The SMILES string of the molecule is CCOP(=O)(OCC)C(F)(F)c1ccc(CCN(CC)C(=O)C2CC2c2ccccc2)cc1Br. The van der Waals surface area contributed by atoms with E-state index in [0.717, 1.165) is 12.0 Å². The minimum atomic E-state index is -4.69. The average Bonchev–Trinajstić information content (AvgIpc) is 3.61. The number of rotatable bonds is 12. The van der Waals surface area contributed by atoms with Crippen LogP contribution in [0, 0.1) is 5.92 Å². The minimum absolute atomic E-state index is 0.00132. The molecule has 1 aliphatic rings. The second-order valence-electron chi connectivity index (χ2n) is 8.22. The lowest BCUT2D eigenvalue weighted by Crippen LogP contribution is -2.34. The van der Waals surface area contributed by atoms with Crippen molar-refractivity contribution in [3.8, 4) is 0 Å². The molecule has 2 unspecified atom stereocenters. The summed E-state index contributed by atoms with van der Waals surface area (Å²) in [5.74, 6) is 0.402. The summed E-state index contributed by atoms with van der Waals surface area (Å²) in [5.41, 5.74) is -2.28. The lowest BCUT2D eigenvalue weighted by molar-refractivity contribution is -0.132. The molecule has 3 rings (SSSR count). The van der Waals surface area contributed by atoms with Gasteiger partial charge < -0.3 is 13.9 Å². The molecule has 0 bridgehead atoms. The number of benzene rings is 2. The van der Waals surface area contributed by atoms with Gasteiger partial charge in [-0.05, 0) is 56.7 Å². The van der Waals surface area contributed by atoms with E-state index >= 15 is 8.78 Å². The van der Waals surface area contributed by atoms with Crippen LogP contribution in [-0.2, 0) is 30.5 Å². The van der Waals surface area contributed by atoms with Gasteiger partial charge >= 0.3 is 13.3 Å². The zero-order chi connectivity index (χ0) is 24.9. The molecule has 2 aromatic rings. The van der Waals surface area contributed by atoms with Gasteiger partial charge in [-0.15, -0.1) is 0 Å². The van der Waals surface area contributed by atoms with Crippen molar-refractivity contribution in [3.05, 3.63) is 69.7 Å². The molecular weight excluding hydrogens is 527 g/mol. The van der Waals surface area contributed by atoms with Gasteiger partial charge in [0.2, 0.25) is 5.91 Å². The molecule has 5 nitrogen and oxygen atoms in total. The first-order valence-electron chi connectivity index (χ1n) is 11.6. The van der Waals surface area contributed by atoms with Gasteiger partial charge in [0.25, 0.3) is 0 Å². The number of amides is 1. The third-order valence-electron chi connectivity index (χ3n) is 6.00. The predicted octanol–water partition coefficient (Wildman–Crippen LogP) is 6.96. The highest BCUT2D eigenvalue weighted by atomic mass is 79.9. The number of likely N-dealkylation sites (N-methyl/N-ethyl adjacent to an activating group) is 1. The van der Waals surface area contributed by atoms with Crippen LogP contribution in [0.2, 0.25) is 0 Å². The summed E-state index contributed by atoms with van der Waals surface area (Å²) in [6, 6.07) is 14.4. The Bertz CT molecular complexity index is 1030. The smallest absolute Gasteiger partial charge is 0.342 e. The molecule has 34 heavy (non-hydrogen) atoms. The molecule has 1 aliphatic carbocycles. The molecule has 1 amide bonds. The zero-order valence-electron chi connectivity index (χ0n) is 19.7. The van der Waals surface area contributed by atoms with Crippen molar-refractivity contribution < 1.29 is 27.2 Å². The molecule has 0 aliphatic heterocycles. The zero-order valence-corrected chi connectivity index (χ0v) is 22.2. The number of hydrogen-bond donors (Lipinski definition) is 0. The predicted molar refractivity (Wildman–Crippen MR) is 132 cm³/mol. The molecular formula is C25H31BrF2NO4P. The van der Waals surface area contributed by atoms with Gasteiger partial charge in [-0.1, -0.05) is 58.4 Å². The molecule has 0 N–H and O–H groups in total. The van der Waals surface area contributed by atoms with Gasteiger partial charge in [-0.2, -0.15) is 8.78 Å². The van der Waals surface area contributed by atoms with Crippen LogP contribution in [0.15, 0.2) is 53.0 Å². The molecule has 2 aromatic carbocycles. The Hall–Kier alpha value is -1.60. The minimum Gasteiger partial charge on any atom is -0.342 e. The van der Waals surface area contributed by atoms with Crippen molar-refractivity contribution in [3.63, 3.8) is 0 Å². The summed E-state index contributed by atoms with van der Waals surface area (Å²) in [6.07, 6.45) is 1.37. The van der Waals surface area contributed by atoms with Gasteiger partial charge in [-0.3, -0.25) is 9.36 Å². The largest absolute Gasteiger partial charge is 0.404 e. The number of carbonyl (C=O) groups excluding carboxylic acids is 1. The number of halogens is 3. The van der Waals surface area contributed by atoms with E-state index in [1.807, 2.05) is 30.0 Å². The fourth-order valence-corrected chi connectivity index (χ4v) is 6.50. The van der Waals surface area contributed by atoms with E-state index < -0.39 is 18.8 Å². The van der Waals surface area contributed by atoms with E-state index in [0.29, 0.717) is 19.5 Å². The van der Waals surface area contributed by atoms with Crippen molar-refractivity contribution in [1.82, 2.24) is 4.90 Å². The average molecular weight is 558 g/mol. The second kappa shape index (κ2) is 11.4. The Kier molecular flexibility index (Phi) is 9.07. The lowest BCUT2D eigenvalue weighted by Gasteiger charge is -2.27. The van der Waals surface area contributed by atoms with Crippen LogP contribution < -0.4 is 0 Å². The summed E-state index contributed by atoms with van der Waals surface area (Å²) < 4.78 is 52.9. The quantitative estimate of drug-likeness (QED) is 0.265. The topological polar surface area (TPSA) is 55.8 Å². The van der Waals surface area contributed by atoms with Crippen molar-refractivity contribution in [1.29, 1.82) is 0 Å². The number of nitrogens with zero attached hydrogens (tertiary/aromatic N) is 1. The third kappa shape index (κ3) is 5.78. The van der Waals surface area contributed by atoms with Crippen LogP contribution in [0.4, 0.5) is 8.78 Å². The maximum atomic E-state index is 15.1. The van der Waals surface area contributed by atoms with Gasteiger partial charge in [0, 0.05) is 29.0 Å². The normalized spacial score (nSPS) is 18.1. The monoisotopic (exact) mass is 557 g/mol. The molecule has 1 fully saturated rings. The van der Waals surface area contributed by atoms with Gasteiger partial charge in [0.05, 0.1) is 13.2 Å². The fourth-order valence-electron chi connectivity index (χ4n) is 4.10. The third-order valence-corrected chi connectivity index (χ3v) is 8.78. The maximum Gasteiger partial charge on any atom is 0.404 e. The summed E-state index contributed by atoms with van der Waals surface area (Å²) in [6.45, 7) is 5.68. The summed E-state index contributed by atoms with van der Waals surface area (Å²) in [5, 5.41) is 0. The molecule has 186 valence electrons. The summed E-state index contributed by atoms with van der Waals surface area (Å²) >= 11 is 3.20. The van der Waals surface area contributed by atoms with Gasteiger partial charge in [0.1, 0.15) is 0 Å². The molecule has 2 atom stereocenters. The van der Waals surface area contributed by atoms with Crippen LogP contribution in [0.25, 0.3) is 0 Å². The van der Waals surface area contributed by atoms with Gasteiger partial charge in [0.15, 0.2) is 0 Å². The maximum absolute atomic E-state index is 15.1. The van der Waals surface area contributed by atoms with Crippen LogP contribution in [0.3, 0.4) is 0 Å². The molecule has 0 spiro atoms. The number of hydrogen-bond acceptors (Lipinski definition) is 4. The highest BCUT2D eigenvalue weighted by Crippen LogP contribution is 2.67. The lowest BCUT2D eigenvalue weighted by atomic mass is 10.1. The second-order valence-corrected chi connectivity index (χ2v) is 11.1. The highest BCUT2D eigenvalue weighted by Gasteiger charge is 2.55. The Morgan fingerprint density at radius 2 is 1.76 bits per heavy atom. The molecule has 1 saturated carbocycles. The number of alkyl halides is 2. The van der Waals surface area contributed by atoms with Gasteiger partial charge in [-0.25, -0.2) is 0 Å². The van der Waals surface area contributed by atoms with Crippen molar-refractivity contribution in [2.45, 2.75) is 45.2 Å². The summed E-state index contributed by atoms with van der Waals surface area (Å²) in [7, 11) is -4.69. The van der Waals surface area contributed by atoms with E-state index in [-0.39, 0.29) is 35.4 Å². The van der Waals surface area contributed by atoms with E-state index in [1.165, 1.54) is 25.5 Å². The van der Waals surface area contributed by atoms with Crippen molar-refractivity contribution >= 4 is 29.4 Å². The Morgan fingerprint density at radius 1 is 1.12 bits per heavy atom. The Labute approximate surface area is 208 Å². The summed E-state index contributed by atoms with van der Waals surface area (Å²) in [4.78, 5) is 14.8. The molecule has 0 radical (unpaired) electrons. The van der Waals surface area contributed by atoms with E-state index in [2.05, 4.69) is 28.1 Å². The van der Waals surface area contributed by atoms with Crippen molar-refractivity contribution in [2.24, 2.45) is 5.92 Å². The van der Waals surface area contributed by atoms with Crippen LogP contribution in [0.5, 0.6) is 0 Å². The fraction of sp³-hybridized carbons (Fsp3) is 0.480. The van der Waals surface area contributed by atoms with Crippen molar-refractivity contribution in [2.75, 3.05) is 26.3 Å². The first-order chi connectivity index (χ1) is 16.2. The highest BCUT2D eigenvalue weighted by molar-refractivity contribution is 9.10. The Morgan fingerprint density at radius 3 is 2.32 bits per heavy atom. The molecule has 0 aromatic heterocycles. The van der Waals surface area contributed by atoms with E-state index in [1.54, 1.807) is 12.1 Å². The van der Waals surface area contributed by atoms with E-state index in [9.17, 15) is 9.36 Å². The van der Waals surface area contributed by atoms with Crippen LogP contribution >= 0.6 is 23.5 Å². The van der Waals surface area contributed by atoms with Crippen LogP contribution in [0.1, 0.15) is 49.8 Å². The Balaban J connectivity index is 1.67. The first-order valence-corrected chi connectivity index (χ1v) is 13.9. The molecule has 0 saturated heterocycles.